The summed E-state index contributed by atoms with van der Waals surface area (Å²) in [6.45, 7) is 5.64. The zero-order valence-electron chi connectivity index (χ0n) is 19.8. The van der Waals surface area contributed by atoms with E-state index in [9.17, 15) is 9.59 Å². The molecule has 0 spiro atoms. The van der Waals surface area contributed by atoms with Crippen molar-refractivity contribution in [1.82, 2.24) is 19.6 Å². The van der Waals surface area contributed by atoms with E-state index < -0.39 is 12.2 Å². The van der Waals surface area contributed by atoms with Crippen LogP contribution in [0.3, 0.4) is 0 Å². The Hall–Kier alpha value is -3.27. The van der Waals surface area contributed by atoms with Crippen LogP contribution in [-0.4, -0.2) is 97.3 Å². The van der Waals surface area contributed by atoms with Crippen LogP contribution in [0.15, 0.2) is 35.1 Å². The zero-order chi connectivity index (χ0) is 23.7. The van der Waals surface area contributed by atoms with Gasteiger partial charge < -0.3 is 28.9 Å². The normalized spacial score (nSPS) is 21.8. The number of carbonyl (C=O) groups is 2. The maximum Gasteiger partial charge on any atom is 0.328 e. The number of amides is 3. The Bertz CT molecular complexity index is 993. The second-order valence-electron chi connectivity index (χ2n) is 8.14. The molecule has 2 unspecified atom stereocenters. The molecule has 0 radical (unpaired) electrons. The Labute approximate surface area is 194 Å². The summed E-state index contributed by atoms with van der Waals surface area (Å²) in [5, 5.41) is 0. The van der Waals surface area contributed by atoms with E-state index in [4.69, 9.17) is 19.2 Å². The van der Waals surface area contributed by atoms with Crippen LogP contribution < -0.4 is 9.47 Å². The number of hydrogen-bond acceptors (Lipinski definition) is 8. The van der Waals surface area contributed by atoms with Gasteiger partial charge in [-0.1, -0.05) is 6.07 Å². The highest BCUT2D eigenvalue weighted by molar-refractivity contribution is 6.04. The largest absolute Gasteiger partial charge is 0.493 e. The number of urea groups is 1. The van der Waals surface area contributed by atoms with Gasteiger partial charge in [-0.3, -0.25) is 9.69 Å². The molecule has 0 saturated carbocycles. The molecular formula is C23H31N5O5. The van der Waals surface area contributed by atoms with E-state index in [1.165, 1.54) is 4.90 Å². The number of methoxy groups -OCH3 is 2. The Morgan fingerprint density at radius 2 is 1.82 bits per heavy atom. The Morgan fingerprint density at radius 3 is 2.52 bits per heavy atom. The van der Waals surface area contributed by atoms with Crippen molar-refractivity contribution in [3.05, 3.63) is 35.7 Å². The first-order valence-corrected chi connectivity index (χ1v) is 11.1. The fraction of sp³-hybridized carbons (Fsp3) is 0.522. The van der Waals surface area contributed by atoms with Crippen molar-refractivity contribution in [3.63, 3.8) is 0 Å². The van der Waals surface area contributed by atoms with Crippen LogP contribution in [0.2, 0.25) is 0 Å². The second-order valence-corrected chi connectivity index (χ2v) is 8.14. The van der Waals surface area contributed by atoms with Gasteiger partial charge in [-0.15, -0.1) is 0 Å². The minimum absolute atomic E-state index is 0.230. The molecule has 10 heteroatoms. The number of ether oxygens (including phenoxy) is 3. The van der Waals surface area contributed by atoms with E-state index in [-0.39, 0.29) is 18.5 Å². The summed E-state index contributed by atoms with van der Waals surface area (Å²) < 4.78 is 16.1. The van der Waals surface area contributed by atoms with Crippen molar-refractivity contribution in [3.8, 4) is 11.5 Å². The molecule has 3 amide bonds. The standard InChI is InChI=1S/C23H31N5O5/c1-6-33-12-11-27-21(29)19-20(25(3)23(27)30)24-22-26(15(2)14-28(19)22)10-9-16-7-8-17(31-4)18(13-16)32-5/h7-8,13-14,19-20H,6,9-12H2,1-5H3. The van der Waals surface area contributed by atoms with Crippen LogP contribution in [-0.2, 0) is 16.0 Å². The highest BCUT2D eigenvalue weighted by Crippen LogP contribution is 2.34. The summed E-state index contributed by atoms with van der Waals surface area (Å²) in [5.41, 5.74) is 2.10. The number of fused-ring (bicyclic) bond motifs is 3. The number of nitrogens with zero attached hydrogens (tertiary/aromatic N) is 5. The number of rotatable bonds is 9. The van der Waals surface area contributed by atoms with Crippen LogP contribution >= 0.6 is 0 Å². The summed E-state index contributed by atoms with van der Waals surface area (Å²) >= 11 is 0. The highest BCUT2D eigenvalue weighted by atomic mass is 16.5. The lowest BCUT2D eigenvalue weighted by molar-refractivity contribution is -0.137. The van der Waals surface area contributed by atoms with Gasteiger partial charge in [0.15, 0.2) is 23.7 Å². The minimum atomic E-state index is -0.564. The number of hydrogen-bond donors (Lipinski definition) is 0. The Kier molecular flexibility index (Phi) is 6.46. The Morgan fingerprint density at radius 1 is 1.06 bits per heavy atom. The molecule has 33 heavy (non-hydrogen) atoms. The molecule has 10 nitrogen and oxygen atoms in total. The van der Waals surface area contributed by atoms with Crippen molar-refractivity contribution in [2.75, 3.05) is 47.6 Å². The van der Waals surface area contributed by atoms with Crippen molar-refractivity contribution < 1.29 is 23.8 Å². The van der Waals surface area contributed by atoms with E-state index >= 15 is 0 Å². The first-order valence-electron chi connectivity index (χ1n) is 11.1. The molecule has 1 saturated heterocycles. The zero-order valence-corrected chi connectivity index (χ0v) is 19.8. The fourth-order valence-corrected chi connectivity index (χ4v) is 4.46. The van der Waals surface area contributed by atoms with E-state index in [1.807, 2.05) is 43.1 Å². The molecule has 1 aromatic carbocycles. The molecular weight excluding hydrogens is 426 g/mol. The van der Waals surface area contributed by atoms with Crippen LogP contribution in [0.5, 0.6) is 11.5 Å². The number of carbonyl (C=O) groups excluding carboxylic acids is 2. The topological polar surface area (TPSA) is 87.2 Å². The van der Waals surface area contributed by atoms with Gasteiger partial charge in [0.1, 0.15) is 0 Å². The summed E-state index contributed by atoms with van der Waals surface area (Å²) in [6.07, 6.45) is 2.15. The SMILES string of the molecule is CCOCCN1C(=O)C2C(N=C3N(CCc4ccc(OC)c(OC)c4)C(C)=CN32)N(C)C1=O. The quantitative estimate of drug-likeness (QED) is 0.522. The maximum atomic E-state index is 13.3. The van der Waals surface area contributed by atoms with Gasteiger partial charge in [-0.05, 0) is 38.0 Å². The summed E-state index contributed by atoms with van der Waals surface area (Å²) in [7, 11) is 4.93. The van der Waals surface area contributed by atoms with Crippen molar-refractivity contribution in [1.29, 1.82) is 0 Å². The first kappa shape index (κ1) is 22.9. The first-order chi connectivity index (χ1) is 15.9. The molecule has 0 bridgehead atoms. The molecule has 0 aliphatic carbocycles. The van der Waals surface area contributed by atoms with E-state index in [0.29, 0.717) is 37.2 Å². The average molecular weight is 458 g/mol. The number of likely N-dealkylation sites (N-methyl/N-ethyl adjacent to an activating group) is 1. The predicted octanol–water partition coefficient (Wildman–Crippen LogP) is 1.72. The smallest absolute Gasteiger partial charge is 0.328 e. The fourth-order valence-electron chi connectivity index (χ4n) is 4.46. The summed E-state index contributed by atoms with van der Waals surface area (Å²) in [6, 6.07) is 4.96. The summed E-state index contributed by atoms with van der Waals surface area (Å²) in [4.78, 5) is 37.6. The van der Waals surface area contributed by atoms with Crippen molar-refractivity contribution in [2.45, 2.75) is 32.5 Å². The van der Waals surface area contributed by atoms with Crippen molar-refractivity contribution in [2.24, 2.45) is 4.99 Å². The predicted molar refractivity (Wildman–Crippen MR) is 122 cm³/mol. The highest BCUT2D eigenvalue weighted by Gasteiger charge is 2.54. The lowest BCUT2D eigenvalue weighted by atomic mass is 10.1. The number of aliphatic imine (C=N–C) groups is 1. The van der Waals surface area contributed by atoms with Crippen molar-refractivity contribution >= 4 is 17.9 Å². The van der Waals surface area contributed by atoms with Gasteiger partial charge in [-0.25, -0.2) is 9.79 Å². The van der Waals surface area contributed by atoms with Crippen LogP contribution in [0, 0.1) is 0 Å². The molecule has 2 atom stereocenters. The maximum absolute atomic E-state index is 13.3. The molecule has 3 aliphatic rings. The molecule has 0 aromatic heterocycles. The number of benzene rings is 1. The van der Waals surface area contributed by atoms with Gasteiger partial charge in [0.05, 0.1) is 27.4 Å². The minimum Gasteiger partial charge on any atom is -0.493 e. The summed E-state index contributed by atoms with van der Waals surface area (Å²) in [5.74, 6) is 1.83. The number of imide groups is 1. The monoisotopic (exact) mass is 457 g/mol. The van der Waals surface area contributed by atoms with Gasteiger partial charge in [0, 0.05) is 32.1 Å². The molecule has 0 N–H and O–H groups in total. The number of guanidine groups is 1. The van der Waals surface area contributed by atoms with E-state index in [1.54, 1.807) is 26.2 Å². The Balaban J connectivity index is 1.50. The third kappa shape index (κ3) is 3.99. The molecule has 1 aromatic rings. The second kappa shape index (κ2) is 9.30. The van der Waals surface area contributed by atoms with Crippen LogP contribution in [0.4, 0.5) is 4.79 Å². The van der Waals surface area contributed by atoms with Gasteiger partial charge in [0.25, 0.3) is 5.91 Å². The third-order valence-electron chi connectivity index (χ3n) is 6.24. The molecule has 3 heterocycles. The average Bonchev–Trinajstić information content (AvgIpc) is 3.33. The molecule has 1 fully saturated rings. The van der Waals surface area contributed by atoms with Gasteiger partial charge in [-0.2, -0.15) is 0 Å². The third-order valence-corrected chi connectivity index (χ3v) is 6.24. The van der Waals surface area contributed by atoms with Crippen LogP contribution in [0.25, 0.3) is 0 Å². The van der Waals surface area contributed by atoms with E-state index in [0.717, 1.165) is 17.7 Å². The van der Waals surface area contributed by atoms with Gasteiger partial charge >= 0.3 is 6.03 Å². The number of allylic oxidation sites excluding steroid dienone is 1. The lowest BCUT2D eigenvalue weighted by Crippen LogP contribution is -2.64. The molecule has 4 rings (SSSR count). The van der Waals surface area contributed by atoms with Gasteiger partial charge in [0.2, 0.25) is 5.96 Å². The van der Waals surface area contributed by atoms with Crippen LogP contribution in [0.1, 0.15) is 19.4 Å². The lowest BCUT2D eigenvalue weighted by Gasteiger charge is -2.40. The van der Waals surface area contributed by atoms with E-state index in [2.05, 4.69) is 4.90 Å². The molecule has 178 valence electrons. The molecule has 3 aliphatic heterocycles.